The smallest absolute Gasteiger partial charge is 0.220 e. The van der Waals surface area contributed by atoms with Gasteiger partial charge in [0.2, 0.25) is 5.91 Å². The van der Waals surface area contributed by atoms with Crippen molar-refractivity contribution in [3.05, 3.63) is 65.7 Å². The number of rotatable bonds is 10. The Bertz CT molecular complexity index is 610. The highest BCUT2D eigenvalue weighted by atomic mass is 16.5. The van der Waals surface area contributed by atoms with E-state index in [1.54, 1.807) is 0 Å². The van der Waals surface area contributed by atoms with E-state index in [1.807, 2.05) is 36.4 Å². The molecule has 128 valence electrons. The molecule has 0 aliphatic heterocycles. The topological polar surface area (TPSA) is 38.3 Å². The highest BCUT2D eigenvalue weighted by molar-refractivity contribution is 5.76. The minimum Gasteiger partial charge on any atom is -0.493 e. The Morgan fingerprint density at radius 3 is 2.54 bits per heavy atom. The van der Waals surface area contributed by atoms with Crippen molar-refractivity contribution in [3.8, 4) is 5.75 Å². The number of amides is 1. The Morgan fingerprint density at radius 2 is 1.75 bits per heavy atom. The summed E-state index contributed by atoms with van der Waals surface area (Å²) < 4.78 is 5.76. The zero-order valence-corrected chi connectivity index (χ0v) is 14.5. The minimum absolute atomic E-state index is 0.120. The maximum atomic E-state index is 11.9. The van der Waals surface area contributed by atoms with Gasteiger partial charge in [-0.25, -0.2) is 0 Å². The highest BCUT2D eigenvalue weighted by Gasteiger charge is 2.04. The van der Waals surface area contributed by atoms with Crippen LogP contribution in [0.2, 0.25) is 0 Å². The fourth-order valence-electron chi connectivity index (χ4n) is 2.56. The molecule has 0 aliphatic carbocycles. The Labute approximate surface area is 145 Å². The van der Waals surface area contributed by atoms with Crippen LogP contribution in [0.1, 0.15) is 37.3 Å². The Morgan fingerprint density at radius 1 is 1.00 bits per heavy atom. The van der Waals surface area contributed by atoms with Gasteiger partial charge in [0.15, 0.2) is 0 Å². The number of benzene rings is 2. The zero-order chi connectivity index (χ0) is 17.0. The molecule has 1 amide bonds. The molecule has 0 unspecified atom stereocenters. The number of para-hydroxylation sites is 1. The van der Waals surface area contributed by atoms with E-state index >= 15 is 0 Å². The van der Waals surface area contributed by atoms with Crippen LogP contribution in [0.25, 0.3) is 0 Å². The number of hydrogen-bond acceptors (Lipinski definition) is 2. The van der Waals surface area contributed by atoms with Crippen LogP contribution in [0.5, 0.6) is 5.75 Å². The fraction of sp³-hybridized carbons (Fsp3) is 0.381. The fourth-order valence-corrected chi connectivity index (χ4v) is 2.56. The second kappa shape index (κ2) is 10.5. The number of carbonyl (C=O) groups is 1. The van der Waals surface area contributed by atoms with E-state index in [0.717, 1.165) is 38.0 Å². The van der Waals surface area contributed by atoms with Gasteiger partial charge in [-0.15, -0.1) is 0 Å². The average Bonchev–Trinajstić information content (AvgIpc) is 2.63. The molecule has 0 aromatic heterocycles. The molecule has 1 N–H and O–H groups in total. The molecule has 0 atom stereocenters. The molecule has 2 aromatic rings. The zero-order valence-electron chi connectivity index (χ0n) is 14.5. The Hall–Kier alpha value is -2.29. The van der Waals surface area contributed by atoms with Crippen molar-refractivity contribution in [2.24, 2.45) is 0 Å². The Kier molecular flexibility index (Phi) is 7.88. The molecule has 0 saturated carbocycles. The highest BCUT2D eigenvalue weighted by Crippen LogP contribution is 2.19. The first kappa shape index (κ1) is 18.1. The number of carbonyl (C=O) groups excluding carboxylic acids is 1. The van der Waals surface area contributed by atoms with E-state index in [4.69, 9.17) is 4.74 Å². The van der Waals surface area contributed by atoms with E-state index in [9.17, 15) is 4.79 Å². The molecule has 3 nitrogen and oxygen atoms in total. The van der Waals surface area contributed by atoms with Gasteiger partial charge < -0.3 is 10.1 Å². The lowest BCUT2D eigenvalue weighted by Gasteiger charge is -2.11. The van der Waals surface area contributed by atoms with Crippen LogP contribution in [-0.2, 0) is 17.6 Å². The lowest BCUT2D eigenvalue weighted by Crippen LogP contribution is -2.25. The van der Waals surface area contributed by atoms with Gasteiger partial charge in [0, 0.05) is 13.0 Å². The largest absolute Gasteiger partial charge is 0.493 e. The molecule has 0 saturated heterocycles. The van der Waals surface area contributed by atoms with Crippen LogP contribution in [0.15, 0.2) is 54.6 Å². The van der Waals surface area contributed by atoms with E-state index in [0.29, 0.717) is 13.0 Å². The second-order valence-electron chi connectivity index (χ2n) is 5.90. The minimum atomic E-state index is 0.120. The quantitative estimate of drug-likeness (QED) is 0.666. The summed E-state index contributed by atoms with van der Waals surface area (Å²) in [5.41, 5.74) is 2.42. The number of hydrogen-bond donors (Lipinski definition) is 1. The summed E-state index contributed by atoms with van der Waals surface area (Å²) >= 11 is 0. The molecule has 2 rings (SSSR count). The third-order valence-corrected chi connectivity index (χ3v) is 3.86. The molecule has 3 heteroatoms. The van der Waals surface area contributed by atoms with Gasteiger partial charge in [-0.1, -0.05) is 55.5 Å². The van der Waals surface area contributed by atoms with Crippen LogP contribution in [0.4, 0.5) is 0 Å². The molecule has 0 bridgehead atoms. The predicted octanol–water partition coefficient (Wildman–Crippen LogP) is 4.16. The molecule has 0 aliphatic rings. The molecule has 2 aromatic carbocycles. The predicted molar refractivity (Wildman–Crippen MR) is 98.3 cm³/mol. The van der Waals surface area contributed by atoms with Crippen LogP contribution >= 0.6 is 0 Å². The molecule has 0 radical (unpaired) electrons. The Balaban J connectivity index is 1.66. The first-order valence-electron chi connectivity index (χ1n) is 8.81. The van der Waals surface area contributed by atoms with Gasteiger partial charge in [0.05, 0.1) is 6.61 Å². The standard InChI is InChI=1S/C21H27NO2/c1-2-17-24-20-13-7-6-11-19(20)12-8-16-22-21(23)15-14-18-9-4-3-5-10-18/h3-7,9-11,13H,2,8,12,14-17H2,1H3,(H,22,23). The average molecular weight is 325 g/mol. The van der Waals surface area contributed by atoms with E-state index in [-0.39, 0.29) is 5.91 Å². The van der Waals surface area contributed by atoms with Crippen LogP contribution in [-0.4, -0.2) is 19.1 Å². The molecule has 0 heterocycles. The molecule has 0 spiro atoms. The summed E-state index contributed by atoms with van der Waals surface area (Å²) in [7, 11) is 0. The normalized spacial score (nSPS) is 10.4. The van der Waals surface area contributed by atoms with Gasteiger partial charge in [-0.05, 0) is 42.9 Å². The summed E-state index contributed by atoms with van der Waals surface area (Å²) in [6, 6.07) is 18.3. The number of aryl methyl sites for hydroxylation is 2. The van der Waals surface area contributed by atoms with Gasteiger partial charge in [0.25, 0.3) is 0 Å². The molecular formula is C21H27NO2. The van der Waals surface area contributed by atoms with Gasteiger partial charge in [0.1, 0.15) is 5.75 Å². The van der Waals surface area contributed by atoms with Crippen molar-refractivity contribution in [2.75, 3.05) is 13.2 Å². The van der Waals surface area contributed by atoms with Crippen molar-refractivity contribution < 1.29 is 9.53 Å². The summed E-state index contributed by atoms with van der Waals surface area (Å²) in [5, 5.41) is 3.01. The van der Waals surface area contributed by atoms with Crippen molar-refractivity contribution in [2.45, 2.75) is 39.0 Å². The van der Waals surface area contributed by atoms with Crippen molar-refractivity contribution in [1.29, 1.82) is 0 Å². The maximum Gasteiger partial charge on any atom is 0.220 e. The van der Waals surface area contributed by atoms with Gasteiger partial charge in [-0.3, -0.25) is 4.79 Å². The van der Waals surface area contributed by atoms with Crippen molar-refractivity contribution in [1.82, 2.24) is 5.32 Å². The van der Waals surface area contributed by atoms with Crippen molar-refractivity contribution in [3.63, 3.8) is 0 Å². The van der Waals surface area contributed by atoms with E-state index in [2.05, 4.69) is 30.4 Å². The number of ether oxygens (including phenoxy) is 1. The number of nitrogens with one attached hydrogen (secondary N) is 1. The summed E-state index contributed by atoms with van der Waals surface area (Å²) in [4.78, 5) is 11.9. The third-order valence-electron chi connectivity index (χ3n) is 3.86. The lowest BCUT2D eigenvalue weighted by atomic mass is 10.1. The van der Waals surface area contributed by atoms with Crippen molar-refractivity contribution >= 4 is 5.91 Å². The summed E-state index contributed by atoms with van der Waals surface area (Å²) in [6.07, 6.45) is 4.18. The van der Waals surface area contributed by atoms with Gasteiger partial charge >= 0.3 is 0 Å². The maximum absolute atomic E-state index is 11.9. The van der Waals surface area contributed by atoms with Crippen LogP contribution in [0, 0.1) is 0 Å². The SMILES string of the molecule is CCCOc1ccccc1CCCNC(=O)CCc1ccccc1. The summed E-state index contributed by atoms with van der Waals surface area (Å²) in [6.45, 7) is 3.55. The first-order chi connectivity index (χ1) is 11.8. The molecule has 0 fully saturated rings. The second-order valence-corrected chi connectivity index (χ2v) is 5.90. The van der Waals surface area contributed by atoms with Gasteiger partial charge in [-0.2, -0.15) is 0 Å². The third kappa shape index (κ3) is 6.45. The van der Waals surface area contributed by atoms with Crippen LogP contribution < -0.4 is 10.1 Å². The summed E-state index contributed by atoms with van der Waals surface area (Å²) in [5.74, 6) is 1.09. The van der Waals surface area contributed by atoms with E-state index in [1.165, 1.54) is 11.1 Å². The molecular weight excluding hydrogens is 298 g/mol. The van der Waals surface area contributed by atoms with E-state index < -0.39 is 0 Å². The van der Waals surface area contributed by atoms with Crippen LogP contribution in [0.3, 0.4) is 0 Å². The monoisotopic (exact) mass is 325 g/mol. The lowest BCUT2D eigenvalue weighted by molar-refractivity contribution is -0.121. The first-order valence-corrected chi connectivity index (χ1v) is 8.81. The molecule has 24 heavy (non-hydrogen) atoms.